The van der Waals surface area contributed by atoms with Gasteiger partial charge in [0.2, 0.25) is 5.13 Å². The molecule has 5 rings (SSSR count). The van der Waals surface area contributed by atoms with Crippen molar-refractivity contribution in [3.8, 4) is 5.75 Å². The van der Waals surface area contributed by atoms with Crippen molar-refractivity contribution in [3.05, 3.63) is 111 Å². The molecule has 1 unspecified atom stereocenters. The second-order valence-corrected chi connectivity index (χ2v) is 10.1. The van der Waals surface area contributed by atoms with Crippen molar-refractivity contribution < 1.29 is 19.4 Å². The van der Waals surface area contributed by atoms with E-state index in [1.54, 1.807) is 31.2 Å². The number of carbonyl (C=O) groups excluding carboxylic acids is 2. The van der Waals surface area contributed by atoms with E-state index in [1.165, 1.54) is 16.2 Å². The molecule has 8 heteroatoms. The summed E-state index contributed by atoms with van der Waals surface area (Å²) >= 11 is 1.22. The molecule has 0 spiro atoms. The van der Waals surface area contributed by atoms with Crippen molar-refractivity contribution in [2.45, 2.75) is 33.4 Å². The van der Waals surface area contributed by atoms with Crippen molar-refractivity contribution in [2.75, 3.05) is 4.90 Å². The molecule has 0 aliphatic carbocycles. The number of anilines is 1. The Balaban J connectivity index is 1.50. The molecule has 1 aliphatic heterocycles. The second-order valence-electron chi connectivity index (χ2n) is 8.92. The van der Waals surface area contributed by atoms with E-state index in [0.29, 0.717) is 33.6 Å². The molecule has 1 amide bonds. The number of amides is 1. The Morgan fingerprint density at radius 2 is 1.65 bits per heavy atom. The van der Waals surface area contributed by atoms with Gasteiger partial charge in [0.1, 0.15) is 23.1 Å². The summed E-state index contributed by atoms with van der Waals surface area (Å²) in [5.41, 5.74) is 4.37. The summed E-state index contributed by atoms with van der Waals surface area (Å²) < 4.78 is 5.91. The van der Waals surface area contributed by atoms with Crippen LogP contribution in [0.3, 0.4) is 0 Å². The van der Waals surface area contributed by atoms with Crippen LogP contribution in [0.1, 0.15) is 38.9 Å². The van der Waals surface area contributed by atoms with E-state index >= 15 is 0 Å². The van der Waals surface area contributed by atoms with E-state index in [-0.39, 0.29) is 11.3 Å². The smallest absolute Gasteiger partial charge is 0.301 e. The van der Waals surface area contributed by atoms with Crippen LogP contribution in [0.2, 0.25) is 0 Å². The van der Waals surface area contributed by atoms with E-state index < -0.39 is 17.7 Å². The van der Waals surface area contributed by atoms with E-state index in [1.807, 2.05) is 62.4 Å². The monoisotopic (exact) mass is 511 g/mol. The fraction of sp³-hybridized carbons (Fsp3) is 0.172. The van der Waals surface area contributed by atoms with E-state index in [4.69, 9.17) is 4.74 Å². The Labute approximate surface area is 218 Å². The molecular formula is C29H25N3O4S. The van der Waals surface area contributed by atoms with Crippen LogP contribution in [0.5, 0.6) is 5.75 Å². The molecule has 3 aromatic carbocycles. The number of Topliss-reactive ketones (excluding diaryl/α,β-unsaturated/α-hetero) is 1. The molecule has 1 aromatic heterocycles. The third-order valence-corrected chi connectivity index (χ3v) is 7.18. The second kappa shape index (κ2) is 9.99. The summed E-state index contributed by atoms with van der Waals surface area (Å²) in [6.45, 7) is 6.18. The predicted octanol–water partition coefficient (Wildman–Crippen LogP) is 5.67. The van der Waals surface area contributed by atoms with Gasteiger partial charge in [0.05, 0.1) is 11.6 Å². The zero-order chi connectivity index (χ0) is 26.1. The number of aliphatic hydroxyl groups excluding tert-OH is 1. The van der Waals surface area contributed by atoms with Gasteiger partial charge in [-0.1, -0.05) is 65.4 Å². The lowest BCUT2D eigenvalue weighted by atomic mass is 9.95. The molecule has 1 N–H and O–H groups in total. The quantitative estimate of drug-likeness (QED) is 0.204. The van der Waals surface area contributed by atoms with Gasteiger partial charge < -0.3 is 9.84 Å². The summed E-state index contributed by atoms with van der Waals surface area (Å²) in [6.07, 6.45) is 0. The van der Waals surface area contributed by atoms with Crippen LogP contribution in [0, 0.1) is 20.8 Å². The molecule has 1 atom stereocenters. The first kappa shape index (κ1) is 24.4. The van der Waals surface area contributed by atoms with Crippen LogP contribution >= 0.6 is 11.3 Å². The minimum absolute atomic E-state index is 0.00952. The maximum Gasteiger partial charge on any atom is 0.301 e. The molecule has 2 heterocycles. The highest BCUT2D eigenvalue weighted by Crippen LogP contribution is 2.43. The van der Waals surface area contributed by atoms with Crippen molar-refractivity contribution in [2.24, 2.45) is 0 Å². The number of hydrogen-bond donors (Lipinski definition) is 1. The van der Waals surface area contributed by atoms with Crippen molar-refractivity contribution in [1.29, 1.82) is 0 Å². The highest BCUT2D eigenvalue weighted by molar-refractivity contribution is 7.15. The van der Waals surface area contributed by atoms with Crippen molar-refractivity contribution in [1.82, 2.24) is 10.2 Å². The van der Waals surface area contributed by atoms with Crippen LogP contribution in [0.15, 0.2) is 78.4 Å². The fourth-order valence-corrected chi connectivity index (χ4v) is 4.99. The molecule has 1 fully saturated rings. The van der Waals surface area contributed by atoms with E-state index in [2.05, 4.69) is 10.2 Å². The molecule has 37 heavy (non-hydrogen) atoms. The number of carbonyl (C=O) groups is 2. The molecule has 186 valence electrons. The summed E-state index contributed by atoms with van der Waals surface area (Å²) in [5, 5.41) is 20.4. The molecule has 4 aromatic rings. The summed E-state index contributed by atoms with van der Waals surface area (Å²) in [4.78, 5) is 27.7. The molecule has 0 radical (unpaired) electrons. The minimum Gasteiger partial charge on any atom is -0.507 e. The number of aliphatic hydroxyl groups is 1. The zero-order valence-corrected chi connectivity index (χ0v) is 21.5. The lowest BCUT2D eigenvalue weighted by Crippen LogP contribution is -2.29. The lowest BCUT2D eigenvalue weighted by molar-refractivity contribution is -0.132. The van der Waals surface area contributed by atoms with Crippen LogP contribution in [0.4, 0.5) is 5.13 Å². The van der Waals surface area contributed by atoms with Gasteiger partial charge in [0.15, 0.2) is 0 Å². The first-order valence-electron chi connectivity index (χ1n) is 11.8. The molecule has 0 saturated carbocycles. The van der Waals surface area contributed by atoms with Crippen molar-refractivity contribution >= 4 is 33.9 Å². The van der Waals surface area contributed by atoms with Crippen molar-refractivity contribution in [3.63, 3.8) is 0 Å². The average molecular weight is 512 g/mol. The van der Waals surface area contributed by atoms with Gasteiger partial charge in [-0.15, -0.1) is 10.2 Å². The summed E-state index contributed by atoms with van der Waals surface area (Å²) in [6, 6.07) is 21.5. The number of ketones is 1. The third kappa shape index (κ3) is 4.75. The number of ether oxygens (including phenoxy) is 1. The van der Waals surface area contributed by atoms with Gasteiger partial charge in [-0.25, -0.2) is 0 Å². The van der Waals surface area contributed by atoms with Crippen LogP contribution in [0.25, 0.3) is 5.76 Å². The maximum absolute atomic E-state index is 13.2. The number of rotatable bonds is 6. The number of hydrogen-bond acceptors (Lipinski definition) is 7. The topological polar surface area (TPSA) is 92.6 Å². The number of aryl methyl sites for hydroxylation is 3. The Morgan fingerprint density at radius 1 is 0.946 bits per heavy atom. The number of benzene rings is 3. The van der Waals surface area contributed by atoms with Gasteiger partial charge >= 0.3 is 5.91 Å². The zero-order valence-electron chi connectivity index (χ0n) is 20.6. The highest BCUT2D eigenvalue weighted by Gasteiger charge is 2.48. The van der Waals surface area contributed by atoms with Crippen LogP contribution in [-0.2, 0) is 16.2 Å². The molecule has 1 saturated heterocycles. The van der Waals surface area contributed by atoms with Gasteiger partial charge in [0, 0.05) is 5.56 Å². The molecule has 1 aliphatic rings. The first-order valence-corrected chi connectivity index (χ1v) is 12.6. The Kier molecular flexibility index (Phi) is 6.58. The molecule has 7 nitrogen and oxygen atoms in total. The van der Waals surface area contributed by atoms with Crippen LogP contribution in [-0.4, -0.2) is 27.0 Å². The normalized spacial score (nSPS) is 16.8. The Morgan fingerprint density at radius 3 is 2.30 bits per heavy atom. The minimum atomic E-state index is -0.829. The largest absolute Gasteiger partial charge is 0.507 e. The standard InChI is InChI=1S/C29H25N3O4S/c1-17-8-10-20(11-9-17)25-24(27(34)28(35)32(25)29-31-30-19(3)37-29)26(33)21-12-14-23(15-13-21)36-16-22-7-5-4-6-18(22)2/h4-15,25,33H,16H2,1-3H3/b26-24+. The molecule has 0 bridgehead atoms. The van der Waals surface area contributed by atoms with Gasteiger partial charge in [-0.05, 0) is 61.7 Å². The number of nitrogens with zero attached hydrogens (tertiary/aromatic N) is 3. The lowest BCUT2D eigenvalue weighted by Gasteiger charge is -2.22. The Bertz CT molecular complexity index is 1510. The van der Waals surface area contributed by atoms with Gasteiger partial charge in [-0.2, -0.15) is 0 Å². The average Bonchev–Trinajstić information content (AvgIpc) is 3.44. The van der Waals surface area contributed by atoms with E-state index in [0.717, 1.165) is 16.7 Å². The predicted molar refractivity (Wildman–Crippen MR) is 143 cm³/mol. The Hall–Kier alpha value is -4.30. The highest BCUT2D eigenvalue weighted by atomic mass is 32.1. The SMILES string of the molecule is Cc1ccc(C2/C(=C(\O)c3ccc(OCc4ccccc4C)cc3)C(=O)C(=O)N2c2nnc(C)s2)cc1. The third-order valence-electron chi connectivity index (χ3n) is 6.34. The molecular weight excluding hydrogens is 486 g/mol. The maximum atomic E-state index is 13.2. The fourth-order valence-electron chi connectivity index (χ4n) is 4.28. The number of aromatic nitrogens is 2. The van der Waals surface area contributed by atoms with Gasteiger partial charge in [-0.3, -0.25) is 14.5 Å². The van der Waals surface area contributed by atoms with Crippen LogP contribution < -0.4 is 9.64 Å². The first-order chi connectivity index (χ1) is 17.8. The van der Waals surface area contributed by atoms with E-state index in [9.17, 15) is 14.7 Å². The summed E-state index contributed by atoms with van der Waals surface area (Å²) in [7, 11) is 0. The summed E-state index contributed by atoms with van der Waals surface area (Å²) in [5.74, 6) is -1.14. The van der Waals surface area contributed by atoms with Gasteiger partial charge in [0.25, 0.3) is 5.78 Å².